The largest absolute Gasteiger partial charge is 0.344 e. The Morgan fingerprint density at radius 1 is 1.32 bits per heavy atom. The van der Waals surface area contributed by atoms with E-state index in [1.807, 2.05) is 12.1 Å². The second-order valence-electron chi connectivity index (χ2n) is 6.04. The standard InChI is InChI=1S/C18H14ClF2N3O/c19-12-3-4-13-10(7-12)1-5-14(13)23-18(25)15-8-22-16-6-2-11(17(20)21)9-24(15)16/h2-4,6-9,14,17H,1,5H2,(H,23,25)/t14-/m1/s1. The highest BCUT2D eigenvalue weighted by atomic mass is 35.5. The van der Waals surface area contributed by atoms with Crippen LogP contribution < -0.4 is 5.32 Å². The van der Waals surface area contributed by atoms with Gasteiger partial charge in [-0.05, 0) is 48.2 Å². The molecule has 1 N–H and O–H groups in total. The van der Waals surface area contributed by atoms with Gasteiger partial charge in [-0.3, -0.25) is 9.20 Å². The molecule has 0 saturated heterocycles. The molecule has 4 nitrogen and oxygen atoms in total. The SMILES string of the molecule is O=C(N[C@@H]1CCc2cc(Cl)ccc21)c1cnc2ccc(C(F)F)cn12. The highest BCUT2D eigenvalue weighted by molar-refractivity contribution is 6.30. The Morgan fingerprint density at radius 2 is 2.16 bits per heavy atom. The van der Waals surface area contributed by atoms with Crippen molar-refractivity contribution < 1.29 is 13.6 Å². The van der Waals surface area contributed by atoms with Crippen LogP contribution in [0.3, 0.4) is 0 Å². The summed E-state index contributed by atoms with van der Waals surface area (Å²) in [5.41, 5.74) is 2.70. The van der Waals surface area contributed by atoms with Crippen molar-refractivity contribution in [1.82, 2.24) is 14.7 Å². The topological polar surface area (TPSA) is 46.4 Å². The maximum atomic E-state index is 12.9. The van der Waals surface area contributed by atoms with Gasteiger partial charge in [0.25, 0.3) is 12.3 Å². The lowest BCUT2D eigenvalue weighted by Crippen LogP contribution is -2.28. The van der Waals surface area contributed by atoms with Crippen molar-refractivity contribution >= 4 is 23.2 Å². The minimum atomic E-state index is -2.60. The number of amides is 1. The number of hydrogen-bond acceptors (Lipinski definition) is 2. The van der Waals surface area contributed by atoms with Gasteiger partial charge in [0.2, 0.25) is 0 Å². The number of aryl methyl sites for hydroxylation is 1. The molecule has 25 heavy (non-hydrogen) atoms. The van der Waals surface area contributed by atoms with Crippen LogP contribution in [0.2, 0.25) is 5.02 Å². The average molecular weight is 362 g/mol. The van der Waals surface area contributed by atoms with Crippen molar-refractivity contribution in [3.63, 3.8) is 0 Å². The molecule has 2 aromatic heterocycles. The Bertz CT molecular complexity index is 970. The molecule has 1 aromatic carbocycles. The summed E-state index contributed by atoms with van der Waals surface area (Å²) < 4.78 is 27.2. The number of carbonyl (C=O) groups is 1. The zero-order valence-corrected chi connectivity index (χ0v) is 13.8. The van der Waals surface area contributed by atoms with E-state index in [0.717, 1.165) is 24.0 Å². The molecule has 0 radical (unpaired) electrons. The van der Waals surface area contributed by atoms with Gasteiger partial charge in [0.15, 0.2) is 0 Å². The van der Waals surface area contributed by atoms with E-state index >= 15 is 0 Å². The number of halogens is 3. The third-order valence-corrected chi connectivity index (χ3v) is 4.74. The molecule has 1 amide bonds. The normalized spacial score (nSPS) is 16.4. The number of hydrogen-bond donors (Lipinski definition) is 1. The highest BCUT2D eigenvalue weighted by Gasteiger charge is 2.25. The van der Waals surface area contributed by atoms with Gasteiger partial charge >= 0.3 is 0 Å². The molecule has 0 saturated carbocycles. The lowest BCUT2D eigenvalue weighted by atomic mass is 10.1. The van der Waals surface area contributed by atoms with Gasteiger partial charge in [0, 0.05) is 16.8 Å². The summed E-state index contributed by atoms with van der Waals surface area (Å²) in [4.78, 5) is 16.8. The van der Waals surface area contributed by atoms with E-state index < -0.39 is 6.43 Å². The Morgan fingerprint density at radius 3 is 2.96 bits per heavy atom. The molecule has 1 aliphatic rings. The fourth-order valence-corrected chi connectivity index (χ4v) is 3.46. The molecule has 1 atom stereocenters. The summed E-state index contributed by atoms with van der Waals surface area (Å²) >= 11 is 6.00. The molecule has 4 rings (SSSR count). The summed E-state index contributed by atoms with van der Waals surface area (Å²) in [5, 5.41) is 3.64. The van der Waals surface area contributed by atoms with Crippen molar-refractivity contribution in [3.8, 4) is 0 Å². The summed E-state index contributed by atoms with van der Waals surface area (Å²) in [6.45, 7) is 0. The monoisotopic (exact) mass is 361 g/mol. The first kappa shape index (κ1) is 16.0. The second-order valence-corrected chi connectivity index (χ2v) is 6.48. The predicted octanol–water partition coefficient (Wildman–Crippen LogP) is 4.34. The number of nitrogens with one attached hydrogen (secondary N) is 1. The number of rotatable bonds is 3. The second kappa shape index (κ2) is 6.11. The minimum absolute atomic E-state index is 0.122. The molecule has 1 aliphatic carbocycles. The first-order chi connectivity index (χ1) is 12.0. The van der Waals surface area contributed by atoms with Crippen LogP contribution in [0.15, 0.2) is 42.7 Å². The maximum Gasteiger partial charge on any atom is 0.270 e. The zero-order valence-electron chi connectivity index (χ0n) is 13.0. The molecule has 0 bridgehead atoms. The minimum Gasteiger partial charge on any atom is -0.344 e. The molecule has 7 heteroatoms. The molecular formula is C18H14ClF2N3O. The molecule has 3 aromatic rings. The molecule has 0 aliphatic heterocycles. The van der Waals surface area contributed by atoms with Crippen LogP contribution in [0.4, 0.5) is 8.78 Å². The number of imidazole rings is 1. The summed E-state index contributed by atoms with van der Waals surface area (Å²) in [7, 11) is 0. The number of nitrogens with zero attached hydrogens (tertiary/aromatic N) is 2. The van der Waals surface area contributed by atoms with Gasteiger partial charge in [-0.25, -0.2) is 13.8 Å². The van der Waals surface area contributed by atoms with Gasteiger partial charge in [0.05, 0.1) is 12.2 Å². The van der Waals surface area contributed by atoms with Gasteiger partial charge < -0.3 is 5.32 Å². The highest BCUT2D eigenvalue weighted by Crippen LogP contribution is 2.33. The van der Waals surface area contributed by atoms with E-state index in [1.165, 1.54) is 28.9 Å². The zero-order chi connectivity index (χ0) is 17.6. The van der Waals surface area contributed by atoms with E-state index in [0.29, 0.717) is 10.7 Å². The number of aromatic nitrogens is 2. The summed E-state index contributed by atoms with van der Waals surface area (Å²) in [6.07, 6.45) is 1.67. The van der Waals surface area contributed by atoms with E-state index in [9.17, 15) is 13.6 Å². The first-order valence-electron chi connectivity index (χ1n) is 7.87. The maximum absolute atomic E-state index is 12.9. The Kier molecular flexibility index (Phi) is 3.92. The smallest absolute Gasteiger partial charge is 0.270 e. The molecule has 2 heterocycles. The Hall–Kier alpha value is -2.47. The molecule has 0 fully saturated rings. The molecular weight excluding hydrogens is 348 g/mol. The van der Waals surface area contributed by atoms with Crippen molar-refractivity contribution in [1.29, 1.82) is 0 Å². The number of fused-ring (bicyclic) bond motifs is 2. The third-order valence-electron chi connectivity index (χ3n) is 4.50. The number of carbonyl (C=O) groups excluding carboxylic acids is 1. The van der Waals surface area contributed by atoms with Gasteiger partial charge in [0.1, 0.15) is 11.3 Å². The number of pyridine rings is 1. The van der Waals surface area contributed by atoms with Crippen LogP contribution in [-0.2, 0) is 6.42 Å². The van der Waals surface area contributed by atoms with E-state index in [2.05, 4.69) is 10.3 Å². The quantitative estimate of drug-likeness (QED) is 0.754. The van der Waals surface area contributed by atoms with Gasteiger partial charge in [-0.2, -0.15) is 0 Å². The molecule has 0 spiro atoms. The van der Waals surface area contributed by atoms with Crippen LogP contribution in [0.1, 0.15) is 46.1 Å². The van der Waals surface area contributed by atoms with E-state index in [1.54, 1.807) is 6.07 Å². The number of alkyl halides is 2. The predicted molar refractivity (Wildman–Crippen MR) is 90.1 cm³/mol. The lowest BCUT2D eigenvalue weighted by molar-refractivity contribution is 0.0930. The molecule has 0 unspecified atom stereocenters. The van der Waals surface area contributed by atoms with Crippen LogP contribution in [0.5, 0.6) is 0 Å². The summed E-state index contributed by atoms with van der Waals surface area (Å²) in [5.74, 6) is -0.341. The average Bonchev–Trinajstić information content (AvgIpc) is 3.18. The van der Waals surface area contributed by atoms with Crippen molar-refractivity contribution in [2.75, 3.05) is 0 Å². The van der Waals surface area contributed by atoms with Crippen molar-refractivity contribution in [3.05, 3.63) is 70.1 Å². The van der Waals surface area contributed by atoms with Crippen molar-refractivity contribution in [2.24, 2.45) is 0 Å². The Balaban J connectivity index is 1.62. The van der Waals surface area contributed by atoms with Crippen LogP contribution in [-0.4, -0.2) is 15.3 Å². The van der Waals surface area contributed by atoms with Gasteiger partial charge in [-0.1, -0.05) is 17.7 Å². The van der Waals surface area contributed by atoms with Crippen molar-refractivity contribution in [2.45, 2.75) is 25.3 Å². The van der Waals surface area contributed by atoms with Crippen LogP contribution >= 0.6 is 11.6 Å². The fourth-order valence-electron chi connectivity index (χ4n) is 3.26. The third kappa shape index (κ3) is 2.87. The lowest BCUT2D eigenvalue weighted by Gasteiger charge is -2.14. The van der Waals surface area contributed by atoms with Crippen LogP contribution in [0.25, 0.3) is 5.65 Å². The first-order valence-corrected chi connectivity index (χ1v) is 8.25. The van der Waals surface area contributed by atoms with Gasteiger partial charge in [-0.15, -0.1) is 0 Å². The molecule has 128 valence electrons. The van der Waals surface area contributed by atoms with Crippen LogP contribution in [0, 0.1) is 0 Å². The van der Waals surface area contributed by atoms with E-state index in [-0.39, 0.29) is 23.2 Å². The summed E-state index contributed by atoms with van der Waals surface area (Å²) in [6, 6.07) is 8.29. The van der Waals surface area contributed by atoms with E-state index in [4.69, 9.17) is 11.6 Å². The number of benzene rings is 1. The Labute approximate surface area is 147 Å². The fraction of sp³-hybridized carbons (Fsp3) is 0.222.